The van der Waals surface area contributed by atoms with E-state index in [1.54, 1.807) is 12.3 Å². The molecule has 0 aromatic heterocycles. The Morgan fingerprint density at radius 3 is 1.81 bits per heavy atom. The van der Waals surface area contributed by atoms with Crippen LogP contribution in [-0.4, -0.2) is 77.6 Å². The summed E-state index contributed by atoms with van der Waals surface area (Å²) in [6.45, 7) is 0.537. The van der Waals surface area contributed by atoms with Crippen LogP contribution in [0.4, 0.5) is 0 Å². The molecule has 8 atom stereocenters. The van der Waals surface area contributed by atoms with E-state index in [9.17, 15) is 15.3 Å². The van der Waals surface area contributed by atoms with Crippen molar-refractivity contribution in [2.24, 2.45) is 0 Å². The molecule has 1 saturated heterocycles. The van der Waals surface area contributed by atoms with Gasteiger partial charge in [-0.15, -0.1) is 0 Å². The van der Waals surface area contributed by atoms with Gasteiger partial charge in [-0.1, -0.05) is 91.0 Å². The van der Waals surface area contributed by atoms with Gasteiger partial charge in [-0.05, 0) is 22.8 Å². The number of rotatable bonds is 13. The number of hydrogen-bond acceptors (Lipinski definition) is 9. The molecule has 3 aromatic carbocycles. The second kappa shape index (κ2) is 15.4. The summed E-state index contributed by atoms with van der Waals surface area (Å²) in [6, 6.07) is 29.0. The lowest BCUT2D eigenvalue weighted by atomic mass is 9.98. The number of aliphatic hydroxyl groups excluding tert-OH is 3. The first kappa shape index (κ1) is 30.3. The summed E-state index contributed by atoms with van der Waals surface area (Å²) >= 11 is 0. The van der Waals surface area contributed by atoms with Crippen molar-refractivity contribution in [2.45, 2.75) is 68.8 Å². The van der Waals surface area contributed by atoms with Crippen molar-refractivity contribution in [3.63, 3.8) is 0 Å². The first-order valence-electron chi connectivity index (χ1n) is 14.1. The summed E-state index contributed by atoms with van der Waals surface area (Å²) in [5.74, 6) is 0. The molecule has 0 unspecified atom stereocenters. The highest BCUT2D eigenvalue weighted by Gasteiger charge is 2.48. The summed E-state index contributed by atoms with van der Waals surface area (Å²) in [5.41, 5.74) is 2.89. The van der Waals surface area contributed by atoms with Gasteiger partial charge in [0.1, 0.15) is 36.6 Å². The SMILES string of the molecule is OC[C@H]1O[C@@H](O[C@H]2[C@H](OCc3ccccc3)C=CO[C@@H]2COCc2ccccc2)[C@H](OCc2ccccc2)[C@@H](O)[C@H]1O. The van der Waals surface area contributed by atoms with Gasteiger partial charge in [0.15, 0.2) is 12.4 Å². The summed E-state index contributed by atoms with van der Waals surface area (Å²) in [4.78, 5) is 0. The van der Waals surface area contributed by atoms with Gasteiger partial charge < -0.3 is 43.7 Å². The van der Waals surface area contributed by atoms with Crippen molar-refractivity contribution in [3.05, 3.63) is 120 Å². The van der Waals surface area contributed by atoms with E-state index in [1.807, 2.05) is 91.0 Å². The smallest absolute Gasteiger partial charge is 0.187 e. The largest absolute Gasteiger partial charge is 0.493 e. The fourth-order valence-electron chi connectivity index (χ4n) is 4.97. The van der Waals surface area contributed by atoms with Gasteiger partial charge in [0.05, 0.1) is 39.3 Å². The lowest BCUT2D eigenvalue weighted by Crippen LogP contribution is -2.62. The van der Waals surface area contributed by atoms with E-state index in [4.69, 9.17) is 28.4 Å². The van der Waals surface area contributed by atoms with Crippen LogP contribution >= 0.6 is 0 Å². The molecule has 9 heteroatoms. The van der Waals surface area contributed by atoms with Crippen LogP contribution in [0, 0.1) is 0 Å². The van der Waals surface area contributed by atoms with Gasteiger partial charge in [-0.2, -0.15) is 0 Å². The highest BCUT2D eigenvalue weighted by atomic mass is 16.7. The fraction of sp³-hybridized carbons (Fsp3) is 0.394. The van der Waals surface area contributed by atoms with Gasteiger partial charge in [-0.25, -0.2) is 0 Å². The van der Waals surface area contributed by atoms with Crippen LogP contribution in [0.1, 0.15) is 16.7 Å². The lowest BCUT2D eigenvalue weighted by Gasteiger charge is -2.44. The molecule has 2 aliphatic heterocycles. The first-order valence-corrected chi connectivity index (χ1v) is 14.1. The standard InChI is InChI=1S/C33H38O9/c34-18-27-29(35)30(36)32(40-21-25-14-8-3-9-15-25)33(41-27)42-31-26(39-20-24-12-6-2-7-13-24)16-17-38-28(31)22-37-19-23-10-4-1-5-11-23/h1-17,26-36H,18-22H2/t26-,27-,28-,29+,30+,31+,32-,33+/m1/s1. The number of aliphatic hydroxyl groups is 3. The average molecular weight is 579 g/mol. The Morgan fingerprint density at radius 1 is 0.643 bits per heavy atom. The number of ether oxygens (including phenoxy) is 6. The van der Waals surface area contributed by atoms with Gasteiger partial charge in [0.2, 0.25) is 0 Å². The molecule has 0 amide bonds. The maximum atomic E-state index is 11.0. The van der Waals surface area contributed by atoms with Crippen molar-refractivity contribution in [3.8, 4) is 0 Å². The van der Waals surface area contributed by atoms with Crippen LogP contribution in [0.3, 0.4) is 0 Å². The molecule has 0 saturated carbocycles. The molecule has 224 valence electrons. The van der Waals surface area contributed by atoms with Gasteiger partial charge in [-0.3, -0.25) is 0 Å². The quantitative estimate of drug-likeness (QED) is 0.281. The van der Waals surface area contributed by atoms with Crippen molar-refractivity contribution < 1.29 is 43.7 Å². The summed E-state index contributed by atoms with van der Waals surface area (Å²) in [6.07, 6.45) is -4.56. The van der Waals surface area contributed by atoms with Crippen molar-refractivity contribution >= 4 is 0 Å². The molecule has 3 N–H and O–H groups in total. The minimum atomic E-state index is -1.37. The van der Waals surface area contributed by atoms with Crippen LogP contribution in [0.2, 0.25) is 0 Å². The predicted octanol–water partition coefficient (Wildman–Crippen LogP) is 3.11. The zero-order valence-corrected chi connectivity index (χ0v) is 23.3. The van der Waals surface area contributed by atoms with E-state index in [0.717, 1.165) is 16.7 Å². The second-order valence-corrected chi connectivity index (χ2v) is 10.3. The Kier molecular flexibility index (Phi) is 11.1. The Balaban J connectivity index is 1.34. The Bertz CT molecular complexity index is 1210. The third-order valence-corrected chi connectivity index (χ3v) is 7.29. The molecule has 0 radical (unpaired) electrons. The Hall–Kier alpha value is -3.12. The Labute approximate surface area is 245 Å². The summed E-state index contributed by atoms with van der Waals surface area (Å²) < 4.78 is 36.8. The minimum Gasteiger partial charge on any atom is -0.493 e. The zero-order chi connectivity index (χ0) is 29.1. The molecular weight excluding hydrogens is 540 g/mol. The predicted molar refractivity (Wildman–Crippen MR) is 153 cm³/mol. The third-order valence-electron chi connectivity index (χ3n) is 7.29. The molecule has 9 nitrogen and oxygen atoms in total. The molecule has 1 fully saturated rings. The Morgan fingerprint density at radius 2 is 1.21 bits per heavy atom. The van der Waals surface area contributed by atoms with E-state index in [2.05, 4.69) is 0 Å². The maximum absolute atomic E-state index is 11.0. The molecule has 0 spiro atoms. The minimum absolute atomic E-state index is 0.154. The molecule has 2 aliphatic rings. The topological polar surface area (TPSA) is 116 Å². The van der Waals surface area contributed by atoms with Crippen molar-refractivity contribution in [1.29, 1.82) is 0 Å². The monoisotopic (exact) mass is 578 g/mol. The third kappa shape index (κ3) is 8.03. The van der Waals surface area contributed by atoms with Gasteiger partial charge in [0.25, 0.3) is 0 Å². The lowest BCUT2D eigenvalue weighted by molar-refractivity contribution is -0.334. The zero-order valence-electron chi connectivity index (χ0n) is 23.3. The van der Waals surface area contributed by atoms with Crippen molar-refractivity contribution in [1.82, 2.24) is 0 Å². The van der Waals surface area contributed by atoms with Crippen molar-refractivity contribution in [2.75, 3.05) is 13.2 Å². The molecule has 5 rings (SSSR count). The highest BCUT2D eigenvalue weighted by Crippen LogP contribution is 2.30. The van der Waals surface area contributed by atoms with Crippen LogP contribution in [0.5, 0.6) is 0 Å². The van der Waals surface area contributed by atoms with E-state index in [-0.39, 0.29) is 13.2 Å². The normalized spacial score (nSPS) is 29.2. The van der Waals surface area contributed by atoms with E-state index in [0.29, 0.717) is 13.2 Å². The molecule has 2 heterocycles. The number of benzene rings is 3. The molecule has 0 bridgehead atoms. The van der Waals surface area contributed by atoms with Crippen LogP contribution in [0.15, 0.2) is 103 Å². The van der Waals surface area contributed by atoms with E-state index >= 15 is 0 Å². The van der Waals surface area contributed by atoms with Crippen LogP contribution in [-0.2, 0) is 48.2 Å². The van der Waals surface area contributed by atoms with Gasteiger partial charge >= 0.3 is 0 Å². The molecule has 42 heavy (non-hydrogen) atoms. The van der Waals surface area contributed by atoms with E-state index in [1.165, 1.54) is 0 Å². The summed E-state index contributed by atoms with van der Waals surface area (Å²) in [5, 5.41) is 31.5. The first-order chi connectivity index (χ1) is 20.6. The maximum Gasteiger partial charge on any atom is 0.187 e. The highest BCUT2D eigenvalue weighted by molar-refractivity contribution is 5.15. The molecular formula is C33H38O9. The summed E-state index contributed by atoms with van der Waals surface area (Å²) in [7, 11) is 0. The molecule has 3 aromatic rings. The van der Waals surface area contributed by atoms with Gasteiger partial charge in [0, 0.05) is 0 Å². The average Bonchev–Trinajstić information content (AvgIpc) is 3.04. The van der Waals surface area contributed by atoms with Crippen LogP contribution < -0.4 is 0 Å². The fourth-order valence-corrected chi connectivity index (χ4v) is 4.97. The second-order valence-electron chi connectivity index (χ2n) is 10.3. The molecule has 0 aliphatic carbocycles. The van der Waals surface area contributed by atoms with E-state index < -0.39 is 55.6 Å². The number of hydrogen-bond donors (Lipinski definition) is 3. The van der Waals surface area contributed by atoms with Crippen LogP contribution in [0.25, 0.3) is 0 Å².